The number of anilines is 1. The van der Waals surface area contributed by atoms with Crippen molar-refractivity contribution in [3.63, 3.8) is 0 Å². The Balaban J connectivity index is 2.37. The van der Waals surface area contributed by atoms with E-state index in [1.165, 1.54) is 11.3 Å². The third-order valence-electron chi connectivity index (χ3n) is 1.87. The van der Waals surface area contributed by atoms with Crippen molar-refractivity contribution >= 4 is 37.8 Å². The van der Waals surface area contributed by atoms with Gasteiger partial charge in [-0.15, -0.1) is 11.3 Å². The average Bonchev–Trinajstić information content (AvgIpc) is 2.72. The van der Waals surface area contributed by atoms with Crippen molar-refractivity contribution in [1.29, 1.82) is 0 Å². The Morgan fingerprint density at radius 3 is 2.53 bits per heavy atom. The molecular weight excluding hydrogens is 282 g/mol. The third kappa shape index (κ3) is 2.56. The van der Waals surface area contributed by atoms with Crippen LogP contribution in [-0.2, 0) is 10.0 Å². The van der Waals surface area contributed by atoms with E-state index in [1.807, 2.05) is 6.92 Å². The molecule has 0 atom stereocenters. The smallest absolute Gasteiger partial charge is 0.306 e. The summed E-state index contributed by atoms with van der Waals surface area (Å²) in [5.41, 5.74) is 0.334. The van der Waals surface area contributed by atoms with Crippen LogP contribution in [-0.4, -0.2) is 18.4 Å². The van der Waals surface area contributed by atoms with Crippen LogP contribution in [0.4, 0.5) is 5.13 Å². The Morgan fingerprint density at radius 1 is 1.35 bits per heavy atom. The number of H-pyrrole nitrogens is 1. The molecule has 0 aromatic carbocycles. The Kier molecular flexibility index (Phi) is 3.06. The Hall–Kier alpha value is -1.19. The van der Waals surface area contributed by atoms with E-state index in [2.05, 4.69) is 14.7 Å². The first-order valence-electron chi connectivity index (χ1n) is 4.53. The molecular formula is C8H9N3O3S3. The maximum absolute atomic E-state index is 12.0. The molecule has 0 unspecified atom stereocenters. The minimum atomic E-state index is -3.72. The molecule has 2 N–H and O–H groups in total. The zero-order valence-corrected chi connectivity index (χ0v) is 11.4. The van der Waals surface area contributed by atoms with Crippen molar-refractivity contribution in [2.75, 3.05) is 4.72 Å². The molecule has 0 spiro atoms. The van der Waals surface area contributed by atoms with Crippen LogP contribution in [0.2, 0.25) is 0 Å². The summed E-state index contributed by atoms with van der Waals surface area (Å²) in [5.74, 6) is 0. The lowest BCUT2D eigenvalue weighted by Gasteiger charge is -2.02. The van der Waals surface area contributed by atoms with E-state index in [1.54, 1.807) is 13.1 Å². The second kappa shape index (κ2) is 4.24. The van der Waals surface area contributed by atoms with Crippen LogP contribution in [0.15, 0.2) is 15.2 Å². The van der Waals surface area contributed by atoms with Gasteiger partial charge in [-0.05, 0) is 13.8 Å². The summed E-state index contributed by atoms with van der Waals surface area (Å²) in [5, 5.41) is 0.294. The first-order chi connectivity index (χ1) is 7.88. The van der Waals surface area contributed by atoms with Gasteiger partial charge in [-0.3, -0.25) is 9.52 Å². The summed E-state index contributed by atoms with van der Waals surface area (Å²) in [4.78, 5) is 17.9. The Morgan fingerprint density at radius 2 is 2.06 bits per heavy atom. The molecule has 6 nitrogen and oxygen atoms in total. The van der Waals surface area contributed by atoms with E-state index in [9.17, 15) is 13.2 Å². The minimum Gasteiger partial charge on any atom is -0.315 e. The summed E-state index contributed by atoms with van der Waals surface area (Å²) in [6, 6.07) is 0. The largest absolute Gasteiger partial charge is 0.315 e. The fourth-order valence-electron chi connectivity index (χ4n) is 1.21. The normalized spacial score (nSPS) is 11.6. The number of aromatic amines is 1. The fourth-order valence-corrected chi connectivity index (χ4v) is 4.42. The maximum atomic E-state index is 12.0. The van der Waals surface area contributed by atoms with E-state index in [4.69, 9.17) is 0 Å². The molecule has 2 heterocycles. The van der Waals surface area contributed by atoms with Crippen molar-refractivity contribution in [1.82, 2.24) is 9.97 Å². The molecule has 9 heteroatoms. The summed E-state index contributed by atoms with van der Waals surface area (Å²) in [6.45, 7) is 3.37. The van der Waals surface area contributed by atoms with Gasteiger partial charge in [0.15, 0.2) is 9.34 Å². The van der Waals surface area contributed by atoms with Gasteiger partial charge in [0.25, 0.3) is 10.0 Å². The highest BCUT2D eigenvalue weighted by Crippen LogP contribution is 2.23. The van der Waals surface area contributed by atoms with Gasteiger partial charge in [0.05, 0.1) is 0 Å². The summed E-state index contributed by atoms with van der Waals surface area (Å²) in [6.07, 6.45) is 1.58. The maximum Gasteiger partial charge on any atom is 0.306 e. The van der Waals surface area contributed by atoms with Gasteiger partial charge in [-0.25, -0.2) is 13.4 Å². The third-order valence-corrected chi connectivity index (χ3v) is 5.77. The molecule has 0 bridgehead atoms. The van der Waals surface area contributed by atoms with E-state index in [0.717, 1.165) is 4.88 Å². The fraction of sp³-hybridized carbons (Fsp3) is 0.250. The molecule has 0 saturated carbocycles. The number of aromatic nitrogens is 2. The van der Waals surface area contributed by atoms with Crippen LogP contribution in [0.1, 0.15) is 10.6 Å². The van der Waals surface area contributed by atoms with Crippen LogP contribution in [0.25, 0.3) is 0 Å². The van der Waals surface area contributed by atoms with Crippen LogP contribution in [0, 0.1) is 13.8 Å². The highest BCUT2D eigenvalue weighted by atomic mass is 32.2. The number of thiazole rings is 2. The van der Waals surface area contributed by atoms with Crippen molar-refractivity contribution in [2.24, 2.45) is 0 Å². The number of sulfonamides is 1. The molecule has 92 valence electrons. The average molecular weight is 291 g/mol. The standard InChI is InChI=1S/C8H9N3O3S3/c1-4-3-9-7(15-4)11-17(13,14)6-5(2)10-8(12)16-6/h3H,1-2H3,(H,9,11)(H,10,12). The lowest BCUT2D eigenvalue weighted by Crippen LogP contribution is -2.12. The van der Waals surface area contributed by atoms with Crippen molar-refractivity contribution in [3.8, 4) is 0 Å². The van der Waals surface area contributed by atoms with Crippen molar-refractivity contribution < 1.29 is 8.42 Å². The second-order valence-electron chi connectivity index (χ2n) is 3.31. The molecule has 0 radical (unpaired) electrons. The molecule has 0 saturated heterocycles. The van der Waals surface area contributed by atoms with E-state index >= 15 is 0 Å². The highest BCUT2D eigenvalue weighted by Gasteiger charge is 2.21. The van der Waals surface area contributed by atoms with Crippen LogP contribution in [0.3, 0.4) is 0 Å². The SMILES string of the molecule is Cc1cnc(NS(=O)(=O)c2sc(=O)[nH]c2C)s1. The zero-order chi connectivity index (χ0) is 12.6. The number of hydrogen-bond donors (Lipinski definition) is 2. The zero-order valence-electron chi connectivity index (χ0n) is 8.97. The second-order valence-corrected chi connectivity index (χ2v) is 7.40. The van der Waals surface area contributed by atoms with Gasteiger partial charge >= 0.3 is 4.87 Å². The number of aryl methyl sites for hydroxylation is 2. The van der Waals surface area contributed by atoms with Crippen LogP contribution >= 0.6 is 22.7 Å². The number of nitrogens with zero attached hydrogens (tertiary/aromatic N) is 1. The highest BCUT2D eigenvalue weighted by molar-refractivity contribution is 7.94. The molecule has 2 aromatic rings. The monoisotopic (exact) mass is 291 g/mol. The summed E-state index contributed by atoms with van der Waals surface area (Å²) < 4.78 is 26.2. The van der Waals surface area contributed by atoms with E-state index < -0.39 is 14.9 Å². The molecule has 17 heavy (non-hydrogen) atoms. The molecule has 2 rings (SSSR count). The molecule has 0 fully saturated rings. The predicted molar refractivity (Wildman–Crippen MR) is 67.3 cm³/mol. The van der Waals surface area contributed by atoms with Gasteiger partial charge in [0, 0.05) is 16.8 Å². The summed E-state index contributed by atoms with van der Waals surface area (Å²) >= 11 is 1.90. The van der Waals surface area contributed by atoms with Crippen molar-refractivity contribution in [2.45, 2.75) is 18.1 Å². The number of hydrogen-bond acceptors (Lipinski definition) is 6. The minimum absolute atomic E-state index is 0.00430. The first-order valence-corrected chi connectivity index (χ1v) is 7.65. The molecule has 0 amide bonds. The van der Waals surface area contributed by atoms with Gasteiger partial charge in [0.2, 0.25) is 0 Å². The Bertz CT molecular complexity index is 695. The molecule has 2 aromatic heterocycles. The lowest BCUT2D eigenvalue weighted by molar-refractivity contribution is 0.602. The van der Waals surface area contributed by atoms with E-state index in [0.29, 0.717) is 22.2 Å². The number of rotatable bonds is 3. The quantitative estimate of drug-likeness (QED) is 0.892. The van der Waals surface area contributed by atoms with Gasteiger partial charge in [0.1, 0.15) is 0 Å². The summed E-state index contributed by atoms with van der Waals surface area (Å²) in [7, 11) is -3.72. The van der Waals surface area contributed by atoms with Crippen LogP contribution < -0.4 is 9.60 Å². The van der Waals surface area contributed by atoms with Crippen LogP contribution in [0.5, 0.6) is 0 Å². The molecule has 0 aliphatic rings. The van der Waals surface area contributed by atoms with E-state index in [-0.39, 0.29) is 4.21 Å². The van der Waals surface area contributed by atoms with Gasteiger partial charge in [-0.1, -0.05) is 11.3 Å². The van der Waals surface area contributed by atoms with Gasteiger partial charge in [-0.2, -0.15) is 0 Å². The molecule has 0 aliphatic heterocycles. The predicted octanol–water partition coefficient (Wildman–Crippen LogP) is 1.31. The number of nitrogens with one attached hydrogen (secondary N) is 2. The Labute approximate surface area is 105 Å². The van der Waals surface area contributed by atoms with Crippen molar-refractivity contribution in [3.05, 3.63) is 26.4 Å². The first kappa shape index (κ1) is 12.3. The van der Waals surface area contributed by atoms with Gasteiger partial charge < -0.3 is 4.98 Å². The topological polar surface area (TPSA) is 91.9 Å². The lowest BCUT2D eigenvalue weighted by atomic mass is 10.6. The molecule has 0 aliphatic carbocycles.